The number of carbonyl (C=O) groups is 3. The van der Waals surface area contributed by atoms with Gasteiger partial charge in [-0.2, -0.15) is 4.31 Å². The van der Waals surface area contributed by atoms with Gasteiger partial charge in [-0.05, 0) is 42.7 Å². The normalized spacial score (nSPS) is 16.6. The fourth-order valence-corrected chi connectivity index (χ4v) is 5.50. The Morgan fingerprint density at radius 3 is 2.39 bits per heavy atom. The van der Waals surface area contributed by atoms with E-state index in [1.807, 2.05) is 0 Å². The molecule has 2 atom stereocenters. The fourth-order valence-electron chi connectivity index (χ4n) is 3.83. The zero-order chi connectivity index (χ0) is 26.3. The van der Waals surface area contributed by atoms with E-state index in [1.165, 1.54) is 12.1 Å². The predicted molar refractivity (Wildman–Crippen MR) is 132 cm³/mol. The zero-order valence-electron chi connectivity index (χ0n) is 19.3. The maximum Gasteiger partial charge on any atom is 0.326 e. The summed E-state index contributed by atoms with van der Waals surface area (Å²) in [6, 6.07) is 11.9. The molecular weight excluding hydrogens is 488 g/mol. The Morgan fingerprint density at radius 2 is 1.78 bits per heavy atom. The molecule has 13 heteroatoms. The van der Waals surface area contributed by atoms with Crippen LogP contribution in [0.4, 0.5) is 5.69 Å². The first kappa shape index (κ1) is 26.6. The van der Waals surface area contributed by atoms with Gasteiger partial charge in [0.25, 0.3) is 0 Å². The number of aliphatic carboxylic acids is 1. The van der Waals surface area contributed by atoms with Gasteiger partial charge in [0.1, 0.15) is 12.1 Å². The monoisotopic (exact) mass is 516 g/mol. The van der Waals surface area contributed by atoms with Gasteiger partial charge in [-0.1, -0.05) is 30.3 Å². The van der Waals surface area contributed by atoms with Crippen LogP contribution in [0.2, 0.25) is 0 Å². The number of nitrogens with one attached hydrogen (secondary N) is 4. The van der Waals surface area contributed by atoms with Gasteiger partial charge in [0.2, 0.25) is 21.8 Å². The van der Waals surface area contributed by atoms with E-state index in [0.29, 0.717) is 17.7 Å². The number of nitrogens with two attached hydrogens (primary N) is 1. The van der Waals surface area contributed by atoms with E-state index in [2.05, 4.69) is 16.0 Å². The van der Waals surface area contributed by atoms with E-state index >= 15 is 0 Å². The molecule has 12 nitrogen and oxygen atoms in total. The minimum atomic E-state index is -3.90. The molecule has 0 aliphatic carbocycles. The molecule has 192 valence electrons. The lowest BCUT2D eigenvalue weighted by molar-refractivity contribution is -0.142. The molecular formula is C23H28N6O6S. The minimum absolute atomic E-state index is 0.0423. The molecule has 3 rings (SSSR count). The van der Waals surface area contributed by atoms with Crippen molar-refractivity contribution in [3.8, 4) is 0 Å². The number of carboxylic acids is 1. The lowest BCUT2D eigenvalue weighted by Crippen LogP contribution is -2.51. The van der Waals surface area contributed by atoms with Crippen molar-refractivity contribution in [2.24, 2.45) is 5.73 Å². The smallest absolute Gasteiger partial charge is 0.326 e. The number of guanidine groups is 1. The Hall–Kier alpha value is -3.97. The Labute approximate surface area is 208 Å². The summed E-state index contributed by atoms with van der Waals surface area (Å²) in [4.78, 5) is 36.7. The first-order chi connectivity index (χ1) is 17.1. The number of rotatable bonds is 10. The SMILES string of the molecule is N=C(N)NCC(=O)Nc1ccc(CC(NC(=O)[C@@H]2CCCN2S(=O)(=O)c2ccccc2)C(=O)O)cc1. The largest absolute Gasteiger partial charge is 0.480 e. The van der Waals surface area contributed by atoms with Crippen molar-refractivity contribution in [1.29, 1.82) is 5.41 Å². The van der Waals surface area contributed by atoms with Gasteiger partial charge in [0.15, 0.2) is 5.96 Å². The van der Waals surface area contributed by atoms with Crippen LogP contribution in [-0.2, 0) is 30.8 Å². The molecule has 0 radical (unpaired) electrons. The highest BCUT2D eigenvalue weighted by Crippen LogP contribution is 2.26. The maximum absolute atomic E-state index is 13.0. The Balaban J connectivity index is 1.64. The van der Waals surface area contributed by atoms with Crippen LogP contribution in [0.15, 0.2) is 59.5 Å². The number of hydrogen-bond donors (Lipinski definition) is 6. The Bertz CT molecular complexity index is 1220. The number of amides is 2. The lowest BCUT2D eigenvalue weighted by atomic mass is 10.0. The maximum atomic E-state index is 13.0. The summed E-state index contributed by atoms with van der Waals surface area (Å²) >= 11 is 0. The van der Waals surface area contributed by atoms with Crippen molar-refractivity contribution in [3.63, 3.8) is 0 Å². The molecule has 0 aromatic heterocycles. The van der Waals surface area contributed by atoms with Crippen LogP contribution in [0.25, 0.3) is 0 Å². The summed E-state index contributed by atoms with van der Waals surface area (Å²) in [7, 11) is -3.90. The number of carbonyl (C=O) groups excluding carboxylic acids is 2. The molecule has 1 aliphatic rings. The topological polar surface area (TPSA) is 195 Å². The number of sulfonamides is 1. The molecule has 1 unspecified atom stereocenters. The predicted octanol–water partition coefficient (Wildman–Crippen LogP) is 0.0734. The third-order valence-electron chi connectivity index (χ3n) is 5.59. The molecule has 0 saturated carbocycles. The molecule has 36 heavy (non-hydrogen) atoms. The summed E-state index contributed by atoms with van der Waals surface area (Å²) in [5.74, 6) is -2.67. The first-order valence-corrected chi connectivity index (χ1v) is 12.6. The van der Waals surface area contributed by atoms with E-state index in [0.717, 1.165) is 4.31 Å². The first-order valence-electron chi connectivity index (χ1n) is 11.1. The van der Waals surface area contributed by atoms with Crippen LogP contribution < -0.4 is 21.7 Å². The van der Waals surface area contributed by atoms with Crippen LogP contribution in [0.3, 0.4) is 0 Å². The van der Waals surface area contributed by atoms with Crippen LogP contribution in [0, 0.1) is 5.41 Å². The molecule has 7 N–H and O–H groups in total. The van der Waals surface area contributed by atoms with Crippen molar-refractivity contribution in [2.75, 3.05) is 18.4 Å². The van der Waals surface area contributed by atoms with Crippen molar-refractivity contribution in [3.05, 3.63) is 60.2 Å². The van der Waals surface area contributed by atoms with E-state index in [9.17, 15) is 27.9 Å². The van der Waals surface area contributed by atoms with Gasteiger partial charge < -0.3 is 26.8 Å². The highest BCUT2D eigenvalue weighted by molar-refractivity contribution is 7.89. The Morgan fingerprint density at radius 1 is 1.11 bits per heavy atom. The highest BCUT2D eigenvalue weighted by Gasteiger charge is 2.40. The van der Waals surface area contributed by atoms with Crippen molar-refractivity contribution in [1.82, 2.24) is 14.9 Å². The second-order valence-corrected chi connectivity index (χ2v) is 10.1. The Kier molecular flexibility index (Phi) is 8.61. The molecule has 1 heterocycles. The number of nitrogens with zero attached hydrogens (tertiary/aromatic N) is 1. The third-order valence-corrected chi connectivity index (χ3v) is 7.51. The molecule has 0 bridgehead atoms. The lowest BCUT2D eigenvalue weighted by Gasteiger charge is -2.25. The minimum Gasteiger partial charge on any atom is -0.480 e. The summed E-state index contributed by atoms with van der Waals surface area (Å²) in [5, 5.41) is 24.2. The van der Waals surface area contributed by atoms with Crippen LogP contribution in [-0.4, -0.2) is 66.7 Å². The molecule has 2 amide bonds. The average molecular weight is 517 g/mol. The van der Waals surface area contributed by atoms with E-state index < -0.39 is 39.9 Å². The van der Waals surface area contributed by atoms with Crippen LogP contribution in [0.5, 0.6) is 0 Å². The number of benzene rings is 2. The summed E-state index contributed by atoms with van der Waals surface area (Å²) < 4.78 is 27.2. The van der Waals surface area contributed by atoms with Crippen LogP contribution in [0.1, 0.15) is 18.4 Å². The van der Waals surface area contributed by atoms with Crippen molar-refractivity contribution in [2.45, 2.75) is 36.2 Å². The quantitative estimate of drug-likeness (QED) is 0.188. The molecule has 1 aliphatic heterocycles. The number of hydrogen-bond acceptors (Lipinski definition) is 6. The zero-order valence-corrected chi connectivity index (χ0v) is 20.1. The van der Waals surface area contributed by atoms with Gasteiger partial charge >= 0.3 is 5.97 Å². The molecule has 1 fully saturated rings. The van der Waals surface area contributed by atoms with Crippen molar-refractivity contribution >= 4 is 39.5 Å². The molecule has 2 aromatic carbocycles. The molecule has 1 saturated heterocycles. The van der Waals surface area contributed by atoms with Gasteiger partial charge in [-0.3, -0.25) is 15.0 Å². The highest BCUT2D eigenvalue weighted by atomic mass is 32.2. The third kappa shape index (κ3) is 6.79. The second kappa shape index (κ2) is 11.6. The second-order valence-electron chi connectivity index (χ2n) is 8.20. The van der Waals surface area contributed by atoms with E-state index in [-0.39, 0.29) is 36.8 Å². The van der Waals surface area contributed by atoms with Gasteiger partial charge in [-0.15, -0.1) is 0 Å². The average Bonchev–Trinajstić information content (AvgIpc) is 3.35. The number of anilines is 1. The van der Waals surface area contributed by atoms with E-state index in [4.69, 9.17) is 11.1 Å². The standard InChI is InChI=1S/C23H28N6O6S/c24-23(25)26-14-20(30)27-16-10-8-15(9-11-16)13-18(22(32)33)28-21(31)19-7-4-12-29(19)36(34,35)17-5-2-1-3-6-17/h1-3,5-6,8-11,18-19H,4,7,12-14H2,(H,27,30)(H,28,31)(H,32,33)(H4,24,25,26)/t18?,19-/m0/s1. The van der Waals surface area contributed by atoms with Gasteiger partial charge in [-0.25, -0.2) is 13.2 Å². The van der Waals surface area contributed by atoms with Crippen LogP contribution >= 0.6 is 0 Å². The van der Waals surface area contributed by atoms with Gasteiger partial charge in [0, 0.05) is 18.7 Å². The molecule has 0 spiro atoms. The van der Waals surface area contributed by atoms with Gasteiger partial charge in [0.05, 0.1) is 11.4 Å². The summed E-state index contributed by atoms with van der Waals surface area (Å²) in [6.45, 7) is -0.00937. The number of carboxylic acid groups (broad SMARTS) is 1. The van der Waals surface area contributed by atoms with Crippen molar-refractivity contribution < 1.29 is 27.9 Å². The molecule has 2 aromatic rings. The van der Waals surface area contributed by atoms with E-state index in [1.54, 1.807) is 42.5 Å². The summed E-state index contributed by atoms with van der Waals surface area (Å²) in [6.07, 6.45) is 0.730. The fraction of sp³-hybridized carbons (Fsp3) is 0.304. The summed E-state index contributed by atoms with van der Waals surface area (Å²) in [5.41, 5.74) is 6.18.